The number of hydrogen-bond donors (Lipinski definition) is 2. The molecule has 2 fully saturated rings. The Hall–Kier alpha value is -3.37. The van der Waals surface area contributed by atoms with Crippen LogP contribution in [0.2, 0.25) is 0 Å². The maximum atomic E-state index is 13.0. The molecule has 1 aliphatic carbocycles. The van der Waals surface area contributed by atoms with Gasteiger partial charge in [0.1, 0.15) is 23.2 Å². The minimum atomic E-state index is -0.0631. The Morgan fingerprint density at radius 2 is 2.00 bits per heavy atom. The summed E-state index contributed by atoms with van der Waals surface area (Å²) in [5.74, 6) is 1.70. The fourth-order valence-electron chi connectivity index (χ4n) is 5.10. The molecule has 0 atom stereocenters. The Labute approximate surface area is 220 Å². The maximum Gasteiger partial charge on any atom is 0.270 e. The second-order valence-corrected chi connectivity index (χ2v) is 9.89. The summed E-state index contributed by atoms with van der Waals surface area (Å²) < 4.78 is 5.19. The largest absolute Gasteiger partial charge is 0.404 e. The molecule has 1 saturated carbocycles. The minimum absolute atomic E-state index is 0.0631. The van der Waals surface area contributed by atoms with Crippen molar-refractivity contribution in [3.8, 4) is 0 Å². The molecule has 3 N–H and O–H groups in total. The molecule has 4 rings (SSSR count). The Balaban J connectivity index is 1.43. The van der Waals surface area contributed by atoms with Gasteiger partial charge in [-0.05, 0) is 31.1 Å². The zero-order chi connectivity index (χ0) is 26.4. The standard InChI is InChI=1S/C27H40N8O2/c1-20(30-25-10-9-23(19-29-25)34-13-11-33(12-14-34)15-16-37-4)31-26-21(18-28)17-24(27(36)32(2)3)35(26)22-7-5-6-8-22/h9-10,17-19,22H,1,5-8,11-16,28H2,2-4H3,(H,29,30)/b21-18-,31-26+. The number of carbonyl (C=O) groups excluding carboxylic acids is 1. The van der Waals surface area contributed by atoms with E-state index in [1.165, 1.54) is 6.20 Å². The van der Waals surface area contributed by atoms with Crippen LogP contribution in [0.4, 0.5) is 11.5 Å². The average Bonchev–Trinajstić information content (AvgIpc) is 3.55. The van der Waals surface area contributed by atoms with Gasteiger partial charge in [0, 0.05) is 71.7 Å². The molecule has 37 heavy (non-hydrogen) atoms. The number of anilines is 2. The molecular weight excluding hydrogens is 468 g/mol. The van der Waals surface area contributed by atoms with Gasteiger partial charge in [-0.15, -0.1) is 0 Å². The van der Waals surface area contributed by atoms with Crippen LogP contribution in [0.25, 0.3) is 0 Å². The first-order chi connectivity index (χ1) is 17.9. The van der Waals surface area contributed by atoms with Gasteiger partial charge in [-0.2, -0.15) is 0 Å². The molecule has 0 unspecified atom stereocenters. The second kappa shape index (κ2) is 12.2. The van der Waals surface area contributed by atoms with E-state index in [1.54, 1.807) is 26.1 Å². The second-order valence-electron chi connectivity index (χ2n) is 9.89. The number of amidine groups is 1. The Morgan fingerprint density at radius 1 is 1.27 bits per heavy atom. The van der Waals surface area contributed by atoms with Gasteiger partial charge < -0.3 is 30.5 Å². The highest BCUT2D eigenvalue weighted by Crippen LogP contribution is 2.34. The van der Waals surface area contributed by atoms with E-state index in [0.29, 0.717) is 28.7 Å². The van der Waals surface area contributed by atoms with E-state index in [9.17, 15) is 4.79 Å². The highest BCUT2D eigenvalue weighted by atomic mass is 16.5. The average molecular weight is 509 g/mol. The van der Waals surface area contributed by atoms with E-state index in [1.807, 2.05) is 23.2 Å². The van der Waals surface area contributed by atoms with Crippen molar-refractivity contribution in [1.82, 2.24) is 19.7 Å². The lowest BCUT2D eigenvalue weighted by Crippen LogP contribution is -2.47. The number of amides is 1. The quantitative estimate of drug-likeness (QED) is 0.524. The molecule has 1 amide bonds. The van der Waals surface area contributed by atoms with E-state index in [4.69, 9.17) is 15.5 Å². The van der Waals surface area contributed by atoms with Gasteiger partial charge in [-0.25, -0.2) is 9.98 Å². The van der Waals surface area contributed by atoms with Crippen LogP contribution in [-0.2, 0) is 9.53 Å². The summed E-state index contributed by atoms with van der Waals surface area (Å²) in [4.78, 5) is 30.7. The molecular formula is C27H40N8O2. The number of aromatic nitrogens is 1. The molecule has 0 bridgehead atoms. The highest BCUT2D eigenvalue weighted by Gasteiger charge is 2.37. The van der Waals surface area contributed by atoms with Crippen molar-refractivity contribution in [3.05, 3.63) is 54.3 Å². The third-order valence-corrected chi connectivity index (χ3v) is 7.14. The van der Waals surface area contributed by atoms with Crippen LogP contribution in [0, 0.1) is 0 Å². The van der Waals surface area contributed by atoms with Crippen molar-refractivity contribution in [2.75, 3.05) is 70.8 Å². The number of nitrogens with two attached hydrogens (primary N) is 1. The zero-order valence-corrected chi connectivity index (χ0v) is 22.3. The minimum Gasteiger partial charge on any atom is -0.404 e. The SMILES string of the molecule is C=C(/N=C1\C(=C/N)C=C(C(=O)N(C)C)N1C1CCCC1)Nc1ccc(N2CCN(CCOC)CC2)cn1. The predicted octanol–water partition coefficient (Wildman–Crippen LogP) is 2.20. The van der Waals surface area contributed by atoms with Crippen molar-refractivity contribution >= 4 is 23.2 Å². The van der Waals surface area contributed by atoms with E-state index in [-0.39, 0.29) is 11.9 Å². The fourth-order valence-corrected chi connectivity index (χ4v) is 5.10. The summed E-state index contributed by atoms with van der Waals surface area (Å²) in [6.45, 7) is 9.80. The maximum absolute atomic E-state index is 13.0. The predicted molar refractivity (Wildman–Crippen MR) is 148 cm³/mol. The van der Waals surface area contributed by atoms with Gasteiger partial charge in [0.15, 0.2) is 0 Å². The molecule has 1 saturated heterocycles. The fraction of sp³-hybridized carbons (Fsp3) is 0.519. The molecule has 3 aliphatic rings. The van der Waals surface area contributed by atoms with Crippen LogP contribution in [0.15, 0.2) is 59.3 Å². The van der Waals surface area contributed by atoms with Gasteiger partial charge in [0.25, 0.3) is 5.91 Å². The molecule has 200 valence electrons. The lowest BCUT2D eigenvalue weighted by Gasteiger charge is -2.35. The van der Waals surface area contributed by atoms with Crippen molar-refractivity contribution in [3.63, 3.8) is 0 Å². The summed E-state index contributed by atoms with van der Waals surface area (Å²) in [6.07, 6.45) is 9.51. The number of carbonyl (C=O) groups is 1. The molecule has 10 heteroatoms. The first-order valence-electron chi connectivity index (χ1n) is 13.0. The van der Waals surface area contributed by atoms with Crippen molar-refractivity contribution in [1.29, 1.82) is 0 Å². The Morgan fingerprint density at radius 3 is 2.59 bits per heavy atom. The number of likely N-dealkylation sites (N-methyl/N-ethyl adjacent to an activating group) is 1. The van der Waals surface area contributed by atoms with Crippen LogP contribution >= 0.6 is 0 Å². The van der Waals surface area contributed by atoms with Crippen LogP contribution in [0.1, 0.15) is 25.7 Å². The number of methoxy groups -OCH3 is 1. The number of piperazine rings is 1. The normalized spacial score (nSPS) is 21.1. The number of rotatable bonds is 9. The number of hydrogen-bond acceptors (Lipinski definition) is 8. The molecule has 10 nitrogen and oxygen atoms in total. The number of pyridine rings is 1. The Bertz CT molecular complexity index is 1050. The third-order valence-electron chi connectivity index (χ3n) is 7.14. The Kier molecular flexibility index (Phi) is 8.83. The van der Waals surface area contributed by atoms with Gasteiger partial charge in [0.05, 0.1) is 18.5 Å². The summed E-state index contributed by atoms with van der Waals surface area (Å²) in [7, 11) is 5.26. The van der Waals surface area contributed by atoms with Crippen LogP contribution in [-0.4, -0.2) is 98.0 Å². The molecule has 0 aromatic carbocycles. The van der Waals surface area contributed by atoms with E-state index >= 15 is 0 Å². The van der Waals surface area contributed by atoms with Crippen molar-refractivity contribution < 1.29 is 9.53 Å². The molecule has 2 aliphatic heterocycles. The van der Waals surface area contributed by atoms with Gasteiger partial charge in [0.2, 0.25) is 0 Å². The lowest BCUT2D eigenvalue weighted by molar-refractivity contribution is -0.126. The monoisotopic (exact) mass is 508 g/mol. The van der Waals surface area contributed by atoms with Crippen molar-refractivity contribution in [2.24, 2.45) is 10.7 Å². The first-order valence-corrected chi connectivity index (χ1v) is 13.0. The van der Waals surface area contributed by atoms with Crippen molar-refractivity contribution in [2.45, 2.75) is 31.7 Å². The van der Waals surface area contributed by atoms with E-state index in [0.717, 1.165) is 70.7 Å². The van der Waals surface area contributed by atoms with E-state index in [2.05, 4.69) is 32.7 Å². The van der Waals surface area contributed by atoms with Gasteiger partial charge in [-0.1, -0.05) is 19.4 Å². The summed E-state index contributed by atoms with van der Waals surface area (Å²) in [5.41, 5.74) is 8.37. The first kappa shape index (κ1) is 26.7. The number of aliphatic imine (C=N–C) groups is 1. The lowest BCUT2D eigenvalue weighted by atomic mass is 10.2. The molecule has 1 aromatic heterocycles. The molecule has 1 aromatic rings. The van der Waals surface area contributed by atoms with E-state index < -0.39 is 0 Å². The third kappa shape index (κ3) is 6.31. The van der Waals surface area contributed by atoms with Gasteiger partial charge in [-0.3, -0.25) is 9.69 Å². The zero-order valence-electron chi connectivity index (χ0n) is 22.3. The number of nitrogens with one attached hydrogen (secondary N) is 1. The summed E-state index contributed by atoms with van der Waals surface area (Å²) in [5, 5.41) is 3.20. The van der Waals surface area contributed by atoms with Crippen LogP contribution in [0.5, 0.6) is 0 Å². The molecule has 3 heterocycles. The number of ether oxygens (including phenoxy) is 1. The van der Waals surface area contributed by atoms with Gasteiger partial charge >= 0.3 is 0 Å². The highest BCUT2D eigenvalue weighted by molar-refractivity contribution is 6.12. The molecule has 0 radical (unpaired) electrons. The number of nitrogens with zero attached hydrogens (tertiary/aromatic N) is 6. The molecule has 0 spiro atoms. The smallest absolute Gasteiger partial charge is 0.270 e. The van der Waals surface area contributed by atoms with Crippen LogP contribution in [0.3, 0.4) is 0 Å². The topological polar surface area (TPSA) is 103 Å². The summed E-state index contributed by atoms with van der Waals surface area (Å²) >= 11 is 0. The summed E-state index contributed by atoms with van der Waals surface area (Å²) in [6, 6.07) is 4.23. The van der Waals surface area contributed by atoms with Crippen LogP contribution < -0.4 is 16.0 Å².